The van der Waals surface area contributed by atoms with E-state index in [0.717, 1.165) is 15.7 Å². The first-order valence-electron chi connectivity index (χ1n) is 8.14. The fourth-order valence-electron chi connectivity index (χ4n) is 3.01. The topological polar surface area (TPSA) is 46.9 Å². The molecular formula is C19H18F3N3O. The summed E-state index contributed by atoms with van der Waals surface area (Å²) in [5.41, 5.74) is 3.07. The molecule has 3 rings (SSSR count). The summed E-state index contributed by atoms with van der Waals surface area (Å²) in [5, 5.41) is 2.68. The molecule has 26 heavy (non-hydrogen) atoms. The molecular weight excluding hydrogens is 343 g/mol. The van der Waals surface area contributed by atoms with E-state index in [9.17, 15) is 18.0 Å². The molecule has 0 spiro atoms. The van der Waals surface area contributed by atoms with Crippen LogP contribution in [0, 0.1) is 13.8 Å². The number of carbonyl (C=O) groups excluding carboxylic acids is 1. The Balaban J connectivity index is 1.78. The molecule has 0 unspecified atom stereocenters. The number of hydrogen-bond acceptors (Lipinski definition) is 2. The van der Waals surface area contributed by atoms with Crippen molar-refractivity contribution in [3.63, 3.8) is 0 Å². The number of imidazole rings is 1. The minimum atomic E-state index is -4.56. The molecule has 0 aliphatic heterocycles. The molecule has 3 aromatic rings. The van der Waals surface area contributed by atoms with Crippen molar-refractivity contribution in [3.8, 4) is 0 Å². The number of amides is 1. The van der Waals surface area contributed by atoms with Gasteiger partial charge in [0, 0.05) is 18.7 Å². The number of alkyl halides is 3. The molecule has 0 atom stereocenters. The molecule has 0 bridgehead atoms. The third kappa shape index (κ3) is 3.71. The van der Waals surface area contributed by atoms with E-state index in [-0.39, 0.29) is 24.5 Å². The van der Waals surface area contributed by atoms with Crippen LogP contribution in [0.25, 0.3) is 11.0 Å². The molecule has 1 heterocycles. The lowest BCUT2D eigenvalue weighted by atomic mass is 10.1. The Morgan fingerprint density at radius 1 is 1.12 bits per heavy atom. The average Bonchev–Trinajstić information content (AvgIpc) is 2.93. The summed E-state index contributed by atoms with van der Waals surface area (Å²) in [6, 6.07) is 11.9. The van der Waals surface area contributed by atoms with Crippen LogP contribution in [-0.2, 0) is 12.7 Å². The van der Waals surface area contributed by atoms with Crippen LogP contribution in [0.3, 0.4) is 0 Å². The number of para-hydroxylation sites is 2. The van der Waals surface area contributed by atoms with Gasteiger partial charge in [-0.15, -0.1) is 0 Å². The van der Waals surface area contributed by atoms with Gasteiger partial charge in [-0.1, -0.05) is 29.3 Å². The van der Waals surface area contributed by atoms with Crippen molar-refractivity contribution in [3.05, 3.63) is 65.0 Å². The largest absolute Gasteiger partial charge is 0.449 e. The maximum absolute atomic E-state index is 13.3. The molecule has 0 aliphatic carbocycles. The predicted octanol–water partition coefficient (Wildman–Crippen LogP) is 4.10. The fourth-order valence-corrected chi connectivity index (χ4v) is 3.01. The SMILES string of the molecule is Cc1cc(C)cc(C(=O)NCCn2c(C(F)(F)F)nc3ccccc32)c1. The number of benzene rings is 2. The first-order chi connectivity index (χ1) is 12.3. The highest BCUT2D eigenvalue weighted by atomic mass is 19.4. The van der Waals surface area contributed by atoms with Gasteiger partial charge in [-0.05, 0) is 38.1 Å². The monoisotopic (exact) mass is 361 g/mol. The number of carbonyl (C=O) groups is 1. The van der Waals surface area contributed by atoms with E-state index >= 15 is 0 Å². The maximum Gasteiger partial charge on any atom is 0.449 e. The quantitative estimate of drug-likeness (QED) is 0.760. The first kappa shape index (κ1) is 18.0. The van der Waals surface area contributed by atoms with Gasteiger partial charge >= 0.3 is 6.18 Å². The second kappa shape index (κ2) is 6.82. The molecule has 0 saturated carbocycles. The molecule has 0 saturated heterocycles. The van der Waals surface area contributed by atoms with Crippen molar-refractivity contribution in [2.75, 3.05) is 6.54 Å². The summed E-state index contributed by atoms with van der Waals surface area (Å²) in [7, 11) is 0. The van der Waals surface area contributed by atoms with Gasteiger partial charge in [-0.3, -0.25) is 4.79 Å². The molecule has 0 aliphatic rings. The summed E-state index contributed by atoms with van der Waals surface area (Å²) in [4.78, 5) is 16.0. The zero-order valence-corrected chi connectivity index (χ0v) is 14.4. The van der Waals surface area contributed by atoms with Gasteiger partial charge < -0.3 is 9.88 Å². The second-order valence-corrected chi connectivity index (χ2v) is 6.21. The second-order valence-electron chi connectivity index (χ2n) is 6.21. The summed E-state index contributed by atoms with van der Waals surface area (Å²) >= 11 is 0. The Kier molecular flexibility index (Phi) is 4.71. The van der Waals surface area contributed by atoms with E-state index in [1.54, 1.807) is 30.3 Å². The van der Waals surface area contributed by atoms with Crippen LogP contribution in [0.15, 0.2) is 42.5 Å². The van der Waals surface area contributed by atoms with Crippen LogP contribution in [0.1, 0.15) is 27.3 Å². The van der Waals surface area contributed by atoms with Crippen LogP contribution in [0.5, 0.6) is 0 Å². The number of aromatic nitrogens is 2. The van der Waals surface area contributed by atoms with Crippen LogP contribution in [0.4, 0.5) is 13.2 Å². The molecule has 1 aromatic heterocycles. The molecule has 7 heteroatoms. The smallest absolute Gasteiger partial charge is 0.350 e. The number of nitrogens with zero attached hydrogens (tertiary/aromatic N) is 2. The van der Waals surface area contributed by atoms with Crippen LogP contribution >= 0.6 is 0 Å². The summed E-state index contributed by atoms with van der Waals surface area (Å²) < 4.78 is 40.9. The first-order valence-corrected chi connectivity index (χ1v) is 8.14. The molecule has 136 valence electrons. The van der Waals surface area contributed by atoms with E-state index in [2.05, 4.69) is 10.3 Å². The van der Waals surface area contributed by atoms with Gasteiger partial charge in [0.15, 0.2) is 0 Å². The Morgan fingerprint density at radius 3 is 2.42 bits per heavy atom. The number of nitrogens with one attached hydrogen (secondary N) is 1. The molecule has 2 aromatic carbocycles. The predicted molar refractivity (Wildman–Crippen MR) is 93.0 cm³/mol. The van der Waals surface area contributed by atoms with Gasteiger partial charge in [0.1, 0.15) is 0 Å². The third-order valence-corrected chi connectivity index (χ3v) is 4.01. The minimum absolute atomic E-state index is 0.0219. The molecule has 0 radical (unpaired) electrons. The van der Waals surface area contributed by atoms with E-state index in [1.807, 2.05) is 19.9 Å². The Morgan fingerprint density at radius 2 is 1.77 bits per heavy atom. The lowest BCUT2D eigenvalue weighted by molar-refractivity contribution is -0.146. The highest BCUT2D eigenvalue weighted by molar-refractivity contribution is 5.94. The number of halogens is 3. The standard InChI is InChI=1S/C19H18F3N3O/c1-12-9-13(2)11-14(10-12)17(26)23-7-8-25-16-6-4-3-5-15(16)24-18(25)19(20,21)22/h3-6,9-11H,7-8H2,1-2H3,(H,23,26). The van der Waals surface area contributed by atoms with Crippen LogP contribution < -0.4 is 5.32 Å². The summed E-state index contributed by atoms with van der Waals surface area (Å²) in [6.45, 7) is 3.81. The highest BCUT2D eigenvalue weighted by Crippen LogP contribution is 2.31. The van der Waals surface area contributed by atoms with Gasteiger partial charge in [-0.2, -0.15) is 13.2 Å². The van der Waals surface area contributed by atoms with Gasteiger partial charge in [-0.25, -0.2) is 4.98 Å². The van der Waals surface area contributed by atoms with Crippen molar-refractivity contribution in [2.45, 2.75) is 26.6 Å². The number of rotatable bonds is 4. The lowest BCUT2D eigenvalue weighted by Gasteiger charge is -2.12. The van der Waals surface area contributed by atoms with Gasteiger partial charge in [0.2, 0.25) is 5.82 Å². The van der Waals surface area contributed by atoms with Crippen molar-refractivity contribution in [1.82, 2.24) is 14.9 Å². The van der Waals surface area contributed by atoms with Gasteiger partial charge in [0.25, 0.3) is 5.91 Å². The zero-order chi connectivity index (χ0) is 18.9. The number of aryl methyl sites for hydroxylation is 2. The van der Waals surface area contributed by atoms with Crippen LogP contribution in [0.2, 0.25) is 0 Å². The van der Waals surface area contributed by atoms with E-state index in [4.69, 9.17) is 0 Å². The maximum atomic E-state index is 13.3. The van der Waals surface area contributed by atoms with E-state index < -0.39 is 12.0 Å². The number of fused-ring (bicyclic) bond motifs is 1. The highest BCUT2D eigenvalue weighted by Gasteiger charge is 2.37. The van der Waals surface area contributed by atoms with Gasteiger partial charge in [0.05, 0.1) is 11.0 Å². The van der Waals surface area contributed by atoms with Crippen molar-refractivity contribution in [2.24, 2.45) is 0 Å². The summed E-state index contributed by atoms with van der Waals surface area (Å²) in [5.74, 6) is -1.27. The van der Waals surface area contributed by atoms with Crippen molar-refractivity contribution >= 4 is 16.9 Å². The third-order valence-electron chi connectivity index (χ3n) is 4.01. The van der Waals surface area contributed by atoms with Crippen LogP contribution in [-0.4, -0.2) is 22.0 Å². The Bertz CT molecular complexity index is 940. The lowest BCUT2D eigenvalue weighted by Crippen LogP contribution is -2.28. The minimum Gasteiger partial charge on any atom is -0.350 e. The Labute approximate surface area is 148 Å². The van der Waals surface area contributed by atoms with E-state index in [0.29, 0.717) is 11.1 Å². The molecule has 1 N–H and O–H groups in total. The van der Waals surface area contributed by atoms with Crippen molar-refractivity contribution in [1.29, 1.82) is 0 Å². The average molecular weight is 361 g/mol. The fraction of sp³-hybridized carbons (Fsp3) is 0.263. The molecule has 4 nitrogen and oxygen atoms in total. The van der Waals surface area contributed by atoms with E-state index in [1.165, 1.54) is 6.07 Å². The summed E-state index contributed by atoms with van der Waals surface area (Å²) in [6.07, 6.45) is -4.56. The normalized spacial score (nSPS) is 11.7. The molecule has 0 fully saturated rings. The Hall–Kier alpha value is -2.83. The van der Waals surface area contributed by atoms with Crippen molar-refractivity contribution < 1.29 is 18.0 Å². The number of hydrogen-bond donors (Lipinski definition) is 1. The zero-order valence-electron chi connectivity index (χ0n) is 14.4. The molecule has 1 amide bonds.